The summed E-state index contributed by atoms with van der Waals surface area (Å²) in [6, 6.07) is 17.4. The second kappa shape index (κ2) is 9.57. The maximum Gasteiger partial charge on any atom is 0.407 e. The molecule has 0 heterocycles. The van der Waals surface area contributed by atoms with Gasteiger partial charge in [-0.15, -0.1) is 0 Å². The molecular formula is C22H24N2O3. The first-order chi connectivity index (χ1) is 13.2. The van der Waals surface area contributed by atoms with Gasteiger partial charge in [0.15, 0.2) is 0 Å². The fourth-order valence-corrected chi connectivity index (χ4v) is 2.49. The standard InChI is InChI=1S/C22H24N2O3/c25-21(24-20-13-14-20)19-11-9-17(10-12-19)6-4-5-15-23-22(26)27-16-18-7-2-1-3-8-18/h1-4,6-12,20H,5,13-16H2,(H,23,26)(H,24,25). The molecule has 0 aliphatic heterocycles. The van der Waals surface area contributed by atoms with Gasteiger partial charge < -0.3 is 15.4 Å². The number of carbonyl (C=O) groups is 2. The second-order valence-electron chi connectivity index (χ2n) is 6.55. The van der Waals surface area contributed by atoms with E-state index in [-0.39, 0.29) is 12.5 Å². The third-order valence-electron chi connectivity index (χ3n) is 4.19. The van der Waals surface area contributed by atoms with Gasteiger partial charge in [0, 0.05) is 18.2 Å². The number of carbonyl (C=O) groups excluding carboxylic acids is 2. The first kappa shape index (κ1) is 18.7. The number of ether oxygens (including phenoxy) is 1. The van der Waals surface area contributed by atoms with Crippen LogP contribution in [0.5, 0.6) is 0 Å². The van der Waals surface area contributed by atoms with Crippen molar-refractivity contribution in [1.82, 2.24) is 10.6 Å². The Morgan fingerprint density at radius 3 is 2.48 bits per heavy atom. The van der Waals surface area contributed by atoms with E-state index in [0.29, 0.717) is 24.6 Å². The Hall–Kier alpha value is -3.08. The van der Waals surface area contributed by atoms with E-state index in [0.717, 1.165) is 24.0 Å². The van der Waals surface area contributed by atoms with Gasteiger partial charge in [0.25, 0.3) is 5.91 Å². The average Bonchev–Trinajstić information content (AvgIpc) is 3.51. The molecular weight excluding hydrogens is 340 g/mol. The normalized spacial score (nSPS) is 13.3. The van der Waals surface area contributed by atoms with Crippen molar-refractivity contribution >= 4 is 18.1 Å². The number of amides is 2. The van der Waals surface area contributed by atoms with Gasteiger partial charge in [-0.1, -0.05) is 54.6 Å². The Kier molecular flexibility index (Phi) is 6.63. The fourth-order valence-electron chi connectivity index (χ4n) is 2.49. The number of benzene rings is 2. The van der Waals surface area contributed by atoms with Crippen LogP contribution < -0.4 is 10.6 Å². The van der Waals surface area contributed by atoms with Crippen molar-refractivity contribution in [1.29, 1.82) is 0 Å². The predicted molar refractivity (Wildman–Crippen MR) is 105 cm³/mol. The highest BCUT2D eigenvalue weighted by molar-refractivity contribution is 5.94. The van der Waals surface area contributed by atoms with Gasteiger partial charge in [-0.05, 0) is 42.5 Å². The van der Waals surface area contributed by atoms with Gasteiger partial charge in [-0.2, -0.15) is 0 Å². The van der Waals surface area contributed by atoms with Crippen molar-refractivity contribution in [2.24, 2.45) is 0 Å². The lowest BCUT2D eigenvalue weighted by Crippen LogP contribution is -2.25. The molecule has 27 heavy (non-hydrogen) atoms. The molecule has 5 heteroatoms. The zero-order valence-electron chi connectivity index (χ0n) is 15.2. The predicted octanol–water partition coefficient (Wildman–Crippen LogP) is 3.91. The summed E-state index contributed by atoms with van der Waals surface area (Å²) in [7, 11) is 0. The first-order valence-corrected chi connectivity index (χ1v) is 9.23. The highest BCUT2D eigenvalue weighted by atomic mass is 16.5. The third-order valence-corrected chi connectivity index (χ3v) is 4.19. The largest absolute Gasteiger partial charge is 0.445 e. The molecule has 0 spiro atoms. The fraction of sp³-hybridized carbons (Fsp3) is 0.273. The summed E-state index contributed by atoms with van der Waals surface area (Å²) < 4.78 is 5.15. The summed E-state index contributed by atoms with van der Waals surface area (Å²) in [5.74, 6) is -0.00811. The van der Waals surface area contributed by atoms with Crippen molar-refractivity contribution in [2.75, 3.05) is 6.54 Å². The van der Waals surface area contributed by atoms with Gasteiger partial charge in [0.05, 0.1) is 0 Å². The van der Waals surface area contributed by atoms with E-state index in [1.54, 1.807) is 0 Å². The minimum atomic E-state index is -0.418. The molecule has 2 amide bonds. The van der Waals surface area contributed by atoms with E-state index in [1.165, 1.54) is 0 Å². The molecule has 1 aliphatic rings. The molecule has 0 unspecified atom stereocenters. The van der Waals surface area contributed by atoms with Crippen LogP contribution in [0.15, 0.2) is 60.7 Å². The van der Waals surface area contributed by atoms with E-state index < -0.39 is 6.09 Å². The first-order valence-electron chi connectivity index (χ1n) is 9.23. The molecule has 2 N–H and O–H groups in total. The van der Waals surface area contributed by atoms with E-state index in [4.69, 9.17) is 4.74 Å². The van der Waals surface area contributed by atoms with Crippen molar-refractivity contribution in [3.05, 3.63) is 77.4 Å². The van der Waals surface area contributed by atoms with Gasteiger partial charge in [0.1, 0.15) is 6.61 Å². The van der Waals surface area contributed by atoms with Gasteiger partial charge in [0.2, 0.25) is 0 Å². The van der Waals surface area contributed by atoms with Crippen molar-refractivity contribution < 1.29 is 14.3 Å². The zero-order chi connectivity index (χ0) is 18.9. The zero-order valence-corrected chi connectivity index (χ0v) is 15.2. The molecule has 3 rings (SSSR count). The maximum atomic E-state index is 11.9. The minimum absolute atomic E-state index is 0.00811. The molecule has 5 nitrogen and oxygen atoms in total. The molecule has 2 aromatic rings. The summed E-state index contributed by atoms with van der Waals surface area (Å²) in [5.41, 5.74) is 2.66. The van der Waals surface area contributed by atoms with Crippen LogP contribution in [0.4, 0.5) is 4.79 Å². The van der Waals surface area contributed by atoms with Gasteiger partial charge in [-0.3, -0.25) is 4.79 Å². The molecule has 140 valence electrons. The second-order valence-corrected chi connectivity index (χ2v) is 6.55. The van der Waals surface area contributed by atoms with E-state index in [1.807, 2.05) is 66.7 Å². The van der Waals surface area contributed by atoms with Gasteiger partial charge in [-0.25, -0.2) is 4.79 Å². The molecule has 1 fully saturated rings. The number of rotatable bonds is 8. The lowest BCUT2D eigenvalue weighted by molar-refractivity contribution is 0.0951. The molecule has 0 aromatic heterocycles. The van der Waals surface area contributed by atoms with Crippen LogP contribution in [-0.4, -0.2) is 24.6 Å². The SMILES string of the molecule is O=C(NCCC=Cc1ccc(C(=O)NC2CC2)cc1)OCc1ccccc1. The van der Waals surface area contributed by atoms with E-state index in [2.05, 4.69) is 10.6 Å². The summed E-state index contributed by atoms with van der Waals surface area (Å²) in [6.45, 7) is 0.773. The van der Waals surface area contributed by atoms with Gasteiger partial charge >= 0.3 is 6.09 Å². The Bertz CT molecular complexity index is 781. The number of hydrogen-bond acceptors (Lipinski definition) is 3. The quantitative estimate of drug-likeness (QED) is 0.698. The molecule has 0 atom stereocenters. The maximum absolute atomic E-state index is 11.9. The Morgan fingerprint density at radius 2 is 1.78 bits per heavy atom. The third kappa shape index (κ3) is 6.62. The molecule has 0 bridgehead atoms. The number of nitrogens with one attached hydrogen (secondary N) is 2. The smallest absolute Gasteiger partial charge is 0.407 e. The summed E-state index contributed by atoms with van der Waals surface area (Å²) in [4.78, 5) is 23.6. The van der Waals surface area contributed by atoms with Crippen LogP contribution in [-0.2, 0) is 11.3 Å². The summed E-state index contributed by atoms with van der Waals surface area (Å²) in [6.07, 6.45) is 6.40. The van der Waals surface area contributed by atoms with E-state index >= 15 is 0 Å². The lowest BCUT2D eigenvalue weighted by Gasteiger charge is -2.06. The summed E-state index contributed by atoms with van der Waals surface area (Å²) >= 11 is 0. The Balaban J connectivity index is 1.32. The van der Waals surface area contributed by atoms with Crippen LogP contribution in [0.3, 0.4) is 0 Å². The highest BCUT2D eigenvalue weighted by Gasteiger charge is 2.23. The summed E-state index contributed by atoms with van der Waals surface area (Å²) in [5, 5.41) is 5.69. The Labute approximate surface area is 159 Å². The molecule has 1 aliphatic carbocycles. The van der Waals surface area contributed by atoms with Crippen LogP contribution in [0.1, 0.15) is 40.7 Å². The van der Waals surface area contributed by atoms with Crippen LogP contribution in [0, 0.1) is 0 Å². The highest BCUT2D eigenvalue weighted by Crippen LogP contribution is 2.19. The molecule has 0 radical (unpaired) electrons. The number of hydrogen-bond donors (Lipinski definition) is 2. The Morgan fingerprint density at radius 1 is 1.04 bits per heavy atom. The minimum Gasteiger partial charge on any atom is -0.445 e. The monoisotopic (exact) mass is 364 g/mol. The van der Waals surface area contributed by atoms with Crippen LogP contribution in [0.25, 0.3) is 6.08 Å². The number of alkyl carbamates (subject to hydrolysis) is 1. The van der Waals surface area contributed by atoms with Crippen LogP contribution >= 0.6 is 0 Å². The average molecular weight is 364 g/mol. The molecule has 2 aromatic carbocycles. The van der Waals surface area contributed by atoms with Crippen LogP contribution in [0.2, 0.25) is 0 Å². The molecule has 1 saturated carbocycles. The van der Waals surface area contributed by atoms with Crippen molar-refractivity contribution in [2.45, 2.75) is 31.9 Å². The topological polar surface area (TPSA) is 67.4 Å². The van der Waals surface area contributed by atoms with E-state index in [9.17, 15) is 9.59 Å². The van der Waals surface area contributed by atoms with Crippen molar-refractivity contribution in [3.8, 4) is 0 Å². The molecule has 0 saturated heterocycles. The lowest BCUT2D eigenvalue weighted by atomic mass is 10.1. The van der Waals surface area contributed by atoms with Crippen molar-refractivity contribution in [3.63, 3.8) is 0 Å².